The molecule has 0 spiro atoms. The van der Waals surface area contributed by atoms with Gasteiger partial charge >= 0.3 is 0 Å². The van der Waals surface area contributed by atoms with Crippen LogP contribution in [-0.2, 0) is 0 Å². The van der Waals surface area contributed by atoms with Crippen molar-refractivity contribution in [1.29, 1.82) is 0 Å². The van der Waals surface area contributed by atoms with Crippen molar-refractivity contribution in [2.45, 2.75) is 52.5 Å². The van der Waals surface area contributed by atoms with Crippen LogP contribution in [0, 0.1) is 23.6 Å². The Hall–Kier alpha value is -0.960. The van der Waals surface area contributed by atoms with Gasteiger partial charge in [0.1, 0.15) is 5.82 Å². The fourth-order valence-electron chi connectivity index (χ4n) is 3.69. The highest BCUT2D eigenvalue weighted by Gasteiger charge is 2.32. The summed E-state index contributed by atoms with van der Waals surface area (Å²) < 4.78 is 14.1. The number of nitrogens with one attached hydrogen (secondary N) is 1. The largest absolute Gasteiger partial charge is 0.308 e. The topological polar surface area (TPSA) is 24.9 Å². The molecule has 1 fully saturated rings. The molecule has 3 atom stereocenters. The summed E-state index contributed by atoms with van der Waals surface area (Å²) in [5.74, 6) is 1.76. The zero-order chi connectivity index (χ0) is 14.5. The molecule has 3 unspecified atom stereocenters. The van der Waals surface area contributed by atoms with E-state index in [1.165, 1.54) is 25.3 Å². The van der Waals surface area contributed by atoms with Gasteiger partial charge in [0.05, 0.1) is 11.7 Å². The lowest BCUT2D eigenvalue weighted by Gasteiger charge is -2.36. The van der Waals surface area contributed by atoms with E-state index in [2.05, 4.69) is 31.1 Å². The molecule has 0 aliphatic heterocycles. The van der Waals surface area contributed by atoms with E-state index < -0.39 is 0 Å². The maximum Gasteiger partial charge on any atom is 0.146 e. The van der Waals surface area contributed by atoms with E-state index in [1.54, 1.807) is 12.3 Å². The smallest absolute Gasteiger partial charge is 0.146 e. The number of pyridine rings is 1. The maximum absolute atomic E-state index is 14.1. The first kappa shape index (κ1) is 15.4. The van der Waals surface area contributed by atoms with Crippen LogP contribution in [0.1, 0.15) is 58.2 Å². The minimum absolute atomic E-state index is 0.0568. The van der Waals surface area contributed by atoms with Gasteiger partial charge in [-0.3, -0.25) is 4.98 Å². The molecule has 2 rings (SSSR count). The Bertz CT molecular complexity index is 411. The van der Waals surface area contributed by atoms with E-state index in [-0.39, 0.29) is 11.9 Å². The predicted molar refractivity (Wildman–Crippen MR) is 80.9 cm³/mol. The van der Waals surface area contributed by atoms with Crippen molar-refractivity contribution < 1.29 is 4.39 Å². The third kappa shape index (κ3) is 3.78. The molecule has 1 aromatic rings. The number of aromatic nitrogens is 1. The summed E-state index contributed by atoms with van der Waals surface area (Å²) in [7, 11) is 0. The van der Waals surface area contributed by atoms with Gasteiger partial charge in [-0.1, -0.05) is 20.8 Å². The second kappa shape index (κ2) is 7.16. The van der Waals surface area contributed by atoms with Crippen molar-refractivity contribution in [3.63, 3.8) is 0 Å². The summed E-state index contributed by atoms with van der Waals surface area (Å²) in [6.07, 6.45) is 6.39. The van der Waals surface area contributed by atoms with E-state index in [4.69, 9.17) is 0 Å². The molecule has 0 bridgehead atoms. The average Bonchev–Trinajstić information content (AvgIpc) is 2.40. The van der Waals surface area contributed by atoms with E-state index in [1.807, 2.05) is 0 Å². The molecule has 1 aromatic heterocycles. The van der Waals surface area contributed by atoms with Crippen LogP contribution in [-0.4, -0.2) is 11.5 Å². The normalized spacial score (nSPS) is 28.3. The lowest BCUT2D eigenvalue weighted by Crippen LogP contribution is -2.34. The van der Waals surface area contributed by atoms with Crippen LogP contribution in [0.3, 0.4) is 0 Å². The molecule has 1 aliphatic carbocycles. The molecule has 0 amide bonds. The van der Waals surface area contributed by atoms with Crippen molar-refractivity contribution in [2.24, 2.45) is 17.8 Å². The Kier molecular flexibility index (Phi) is 5.53. The molecule has 3 heteroatoms. The van der Waals surface area contributed by atoms with Gasteiger partial charge in [-0.25, -0.2) is 4.39 Å². The summed E-state index contributed by atoms with van der Waals surface area (Å²) in [6, 6.07) is 3.25. The van der Waals surface area contributed by atoms with Crippen molar-refractivity contribution in [3.05, 3.63) is 29.8 Å². The Morgan fingerprint density at radius 3 is 2.60 bits per heavy atom. The fraction of sp³-hybridized carbons (Fsp3) is 0.706. The van der Waals surface area contributed by atoms with Crippen LogP contribution in [0.5, 0.6) is 0 Å². The van der Waals surface area contributed by atoms with Gasteiger partial charge in [0.15, 0.2) is 0 Å². The lowest BCUT2D eigenvalue weighted by molar-refractivity contribution is 0.172. The van der Waals surface area contributed by atoms with Crippen LogP contribution < -0.4 is 5.32 Å². The molecule has 1 heterocycles. The lowest BCUT2D eigenvalue weighted by atomic mass is 9.73. The van der Waals surface area contributed by atoms with Crippen LogP contribution in [0.15, 0.2) is 18.3 Å². The Labute approximate surface area is 122 Å². The first-order valence-electron chi connectivity index (χ1n) is 7.95. The van der Waals surface area contributed by atoms with E-state index >= 15 is 0 Å². The Balaban J connectivity index is 2.20. The molecule has 112 valence electrons. The van der Waals surface area contributed by atoms with Gasteiger partial charge in [-0.15, -0.1) is 0 Å². The SMILES string of the molecule is CCCNC(c1ncccc1F)C1CC(C)CC(C)C1. The van der Waals surface area contributed by atoms with Crippen molar-refractivity contribution >= 4 is 0 Å². The number of rotatable bonds is 5. The van der Waals surface area contributed by atoms with Gasteiger partial charge in [0.25, 0.3) is 0 Å². The summed E-state index contributed by atoms with van der Waals surface area (Å²) in [5.41, 5.74) is 0.604. The van der Waals surface area contributed by atoms with Crippen LogP contribution in [0.25, 0.3) is 0 Å². The average molecular weight is 278 g/mol. The number of halogens is 1. The number of hydrogen-bond acceptors (Lipinski definition) is 2. The van der Waals surface area contributed by atoms with Gasteiger partial charge in [-0.05, 0) is 62.1 Å². The van der Waals surface area contributed by atoms with E-state index in [0.717, 1.165) is 24.8 Å². The van der Waals surface area contributed by atoms with Crippen molar-refractivity contribution in [1.82, 2.24) is 10.3 Å². The van der Waals surface area contributed by atoms with Crippen LogP contribution in [0.4, 0.5) is 4.39 Å². The Morgan fingerprint density at radius 2 is 2.00 bits per heavy atom. The second-order valence-electron chi connectivity index (χ2n) is 6.48. The van der Waals surface area contributed by atoms with Gasteiger partial charge in [-0.2, -0.15) is 0 Å². The molecule has 0 saturated heterocycles. The minimum atomic E-state index is -0.174. The predicted octanol–water partition coefficient (Wildman–Crippen LogP) is 4.33. The zero-order valence-corrected chi connectivity index (χ0v) is 12.9. The molecular weight excluding hydrogens is 251 g/mol. The molecule has 0 radical (unpaired) electrons. The summed E-state index contributed by atoms with van der Waals surface area (Å²) >= 11 is 0. The first-order chi connectivity index (χ1) is 9.61. The van der Waals surface area contributed by atoms with Gasteiger partial charge < -0.3 is 5.32 Å². The molecule has 1 aliphatic rings. The van der Waals surface area contributed by atoms with Crippen molar-refractivity contribution in [2.75, 3.05) is 6.54 Å². The van der Waals surface area contributed by atoms with Crippen LogP contribution in [0.2, 0.25) is 0 Å². The monoisotopic (exact) mass is 278 g/mol. The zero-order valence-electron chi connectivity index (χ0n) is 12.9. The minimum Gasteiger partial charge on any atom is -0.308 e. The highest BCUT2D eigenvalue weighted by molar-refractivity contribution is 5.13. The second-order valence-corrected chi connectivity index (χ2v) is 6.48. The fourth-order valence-corrected chi connectivity index (χ4v) is 3.69. The third-order valence-corrected chi connectivity index (χ3v) is 4.38. The first-order valence-corrected chi connectivity index (χ1v) is 7.95. The quantitative estimate of drug-likeness (QED) is 0.867. The summed E-state index contributed by atoms with van der Waals surface area (Å²) in [6.45, 7) is 7.69. The highest BCUT2D eigenvalue weighted by atomic mass is 19.1. The highest BCUT2D eigenvalue weighted by Crippen LogP contribution is 2.39. The van der Waals surface area contributed by atoms with E-state index in [0.29, 0.717) is 11.6 Å². The number of hydrogen-bond donors (Lipinski definition) is 1. The summed E-state index contributed by atoms with van der Waals surface area (Å²) in [4.78, 5) is 4.32. The molecule has 1 saturated carbocycles. The summed E-state index contributed by atoms with van der Waals surface area (Å²) in [5, 5.41) is 3.53. The van der Waals surface area contributed by atoms with Gasteiger partial charge in [0, 0.05) is 6.20 Å². The van der Waals surface area contributed by atoms with Gasteiger partial charge in [0.2, 0.25) is 0 Å². The standard InChI is InChI=1S/C17H27FN2/c1-4-7-19-16(17-15(18)6-5-8-20-17)14-10-12(2)9-13(3)11-14/h5-6,8,12-14,16,19H,4,7,9-11H2,1-3H3. The molecule has 2 nitrogen and oxygen atoms in total. The molecule has 20 heavy (non-hydrogen) atoms. The molecule has 0 aromatic carbocycles. The van der Waals surface area contributed by atoms with Crippen molar-refractivity contribution in [3.8, 4) is 0 Å². The van der Waals surface area contributed by atoms with E-state index in [9.17, 15) is 4.39 Å². The third-order valence-electron chi connectivity index (χ3n) is 4.38. The van der Waals surface area contributed by atoms with Crippen LogP contribution >= 0.6 is 0 Å². The number of nitrogens with zero attached hydrogens (tertiary/aromatic N) is 1. The molecule has 1 N–H and O–H groups in total. The Morgan fingerprint density at radius 1 is 1.30 bits per heavy atom. The molecular formula is C17H27FN2. The maximum atomic E-state index is 14.1.